The van der Waals surface area contributed by atoms with Gasteiger partial charge in [-0.15, -0.1) is 0 Å². The summed E-state index contributed by atoms with van der Waals surface area (Å²) in [6.45, 7) is 1.61. The number of carbonyl (C=O) groups is 3. The molecule has 2 aromatic carbocycles. The minimum Gasteiger partial charge on any atom is -0.348 e. The first-order chi connectivity index (χ1) is 16.6. The molecule has 34 heavy (non-hydrogen) atoms. The SMILES string of the molecule is O=C(NCc1cccnc1)c1ccc2c(c1)C(C1CCN(C(=O)c3ccccc3)CC1)C(=O)N2. The third-order valence-corrected chi connectivity index (χ3v) is 6.68. The lowest BCUT2D eigenvalue weighted by atomic mass is 9.80. The zero-order valence-electron chi connectivity index (χ0n) is 18.7. The Kier molecular flexibility index (Phi) is 6.08. The molecule has 3 heterocycles. The maximum absolute atomic E-state index is 12.9. The van der Waals surface area contributed by atoms with Gasteiger partial charge in [0.05, 0.1) is 5.92 Å². The smallest absolute Gasteiger partial charge is 0.253 e. The van der Waals surface area contributed by atoms with Gasteiger partial charge in [-0.25, -0.2) is 0 Å². The van der Waals surface area contributed by atoms with E-state index in [-0.39, 0.29) is 29.6 Å². The molecule has 1 atom stereocenters. The number of pyridine rings is 1. The van der Waals surface area contributed by atoms with Gasteiger partial charge in [0.2, 0.25) is 5.91 Å². The van der Waals surface area contributed by atoms with Gasteiger partial charge in [-0.1, -0.05) is 24.3 Å². The number of amides is 3. The predicted molar refractivity (Wildman–Crippen MR) is 128 cm³/mol. The topological polar surface area (TPSA) is 91.4 Å². The number of nitrogens with zero attached hydrogens (tertiary/aromatic N) is 2. The average Bonchev–Trinajstić information content (AvgIpc) is 3.23. The summed E-state index contributed by atoms with van der Waals surface area (Å²) in [4.78, 5) is 44.3. The Morgan fingerprint density at radius 1 is 1.00 bits per heavy atom. The van der Waals surface area contributed by atoms with Gasteiger partial charge in [-0.2, -0.15) is 0 Å². The number of likely N-dealkylation sites (tertiary alicyclic amines) is 1. The van der Waals surface area contributed by atoms with Gasteiger partial charge in [-0.05, 0) is 66.3 Å². The first-order valence-electron chi connectivity index (χ1n) is 11.6. The maximum Gasteiger partial charge on any atom is 0.253 e. The molecular weight excluding hydrogens is 428 g/mol. The molecule has 7 heteroatoms. The van der Waals surface area contributed by atoms with Crippen LogP contribution in [0.1, 0.15) is 50.6 Å². The monoisotopic (exact) mass is 454 g/mol. The normalized spacial score (nSPS) is 17.7. The van der Waals surface area contributed by atoms with Crippen molar-refractivity contribution in [1.82, 2.24) is 15.2 Å². The van der Waals surface area contributed by atoms with Gasteiger partial charge in [0.1, 0.15) is 0 Å². The molecule has 3 aromatic rings. The van der Waals surface area contributed by atoms with E-state index in [4.69, 9.17) is 0 Å². The summed E-state index contributed by atoms with van der Waals surface area (Å²) < 4.78 is 0. The van der Waals surface area contributed by atoms with Crippen LogP contribution >= 0.6 is 0 Å². The third kappa shape index (κ3) is 4.41. The summed E-state index contributed by atoms with van der Waals surface area (Å²) in [6.07, 6.45) is 4.90. The first kappa shape index (κ1) is 21.8. The summed E-state index contributed by atoms with van der Waals surface area (Å²) >= 11 is 0. The Morgan fingerprint density at radius 3 is 2.53 bits per heavy atom. The average molecular weight is 455 g/mol. The Labute approximate surface area is 198 Å². The van der Waals surface area contributed by atoms with Crippen LogP contribution in [-0.2, 0) is 11.3 Å². The van der Waals surface area contributed by atoms with Crippen molar-refractivity contribution >= 4 is 23.4 Å². The number of nitrogens with one attached hydrogen (secondary N) is 2. The standard InChI is InChI=1S/C27H26N4O3/c32-25(29-17-18-5-4-12-28-16-18)21-8-9-23-22(15-21)24(26(33)30-23)19-10-13-31(14-11-19)27(34)20-6-2-1-3-7-20/h1-9,12,15-16,19,24H,10-11,13-14,17H2,(H,29,32)(H,30,33). The molecule has 5 rings (SSSR count). The highest BCUT2D eigenvalue weighted by molar-refractivity contribution is 6.05. The lowest BCUT2D eigenvalue weighted by Crippen LogP contribution is -2.40. The summed E-state index contributed by atoms with van der Waals surface area (Å²) in [6, 6.07) is 18.4. The highest BCUT2D eigenvalue weighted by Crippen LogP contribution is 2.42. The van der Waals surface area contributed by atoms with E-state index in [9.17, 15) is 14.4 Å². The quantitative estimate of drug-likeness (QED) is 0.616. The number of rotatable bonds is 5. The van der Waals surface area contributed by atoms with Crippen molar-refractivity contribution in [2.45, 2.75) is 25.3 Å². The van der Waals surface area contributed by atoms with Crippen LogP contribution in [0, 0.1) is 5.92 Å². The lowest BCUT2D eigenvalue weighted by Gasteiger charge is -2.34. The minimum atomic E-state index is -0.310. The molecule has 1 saturated heterocycles. The van der Waals surface area contributed by atoms with Gasteiger partial charge in [0, 0.05) is 48.8 Å². The van der Waals surface area contributed by atoms with Gasteiger partial charge in [-0.3, -0.25) is 19.4 Å². The van der Waals surface area contributed by atoms with Crippen LogP contribution in [0.2, 0.25) is 0 Å². The molecule has 1 aromatic heterocycles. The van der Waals surface area contributed by atoms with E-state index in [1.54, 1.807) is 24.5 Å². The minimum absolute atomic E-state index is 0.0305. The van der Waals surface area contributed by atoms with E-state index in [1.807, 2.05) is 53.4 Å². The fourth-order valence-electron chi connectivity index (χ4n) is 4.88. The molecule has 2 aliphatic rings. The molecule has 172 valence electrons. The zero-order chi connectivity index (χ0) is 23.5. The number of hydrogen-bond donors (Lipinski definition) is 2. The van der Waals surface area contributed by atoms with Gasteiger partial charge >= 0.3 is 0 Å². The summed E-state index contributed by atoms with van der Waals surface area (Å²) in [5.41, 5.74) is 3.77. The summed E-state index contributed by atoms with van der Waals surface area (Å²) in [7, 11) is 0. The predicted octanol–water partition coefficient (Wildman–Crippen LogP) is 3.60. The van der Waals surface area contributed by atoms with Gasteiger partial charge in [0.15, 0.2) is 0 Å². The Morgan fingerprint density at radius 2 is 1.79 bits per heavy atom. The van der Waals surface area contributed by atoms with Crippen LogP contribution in [-0.4, -0.2) is 40.7 Å². The van der Waals surface area contributed by atoms with E-state index in [2.05, 4.69) is 15.6 Å². The van der Waals surface area contributed by atoms with Crippen LogP contribution < -0.4 is 10.6 Å². The van der Waals surface area contributed by atoms with Crippen molar-refractivity contribution < 1.29 is 14.4 Å². The Hall–Kier alpha value is -4.00. The van der Waals surface area contributed by atoms with Crippen LogP contribution in [0.25, 0.3) is 0 Å². The molecule has 0 spiro atoms. The van der Waals surface area contributed by atoms with E-state index >= 15 is 0 Å². The molecule has 0 radical (unpaired) electrons. The second-order valence-corrected chi connectivity index (χ2v) is 8.81. The van der Waals surface area contributed by atoms with Crippen LogP contribution in [0.4, 0.5) is 5.69 Å². The number of fused-ring (bicyclic) bond motifs is 1. The third-order valence-electron chi connectivity index (χ3n) is 6.68. The van der Waals surface area contributed by atoms with Gasteiger partial charge < -0.3 is 15.5 Å². The van der Waals surface area contributed by atoms with E-state index in [0.717, 1.165) is 29.7 Å². The van der Waals surface area contributed by atoms with Gasteiger partial charge in [0.25, 0.3) is 11.8 Å². The largest absolute Gasteiger partial charge is 0.348 e. The second kappa shape index (κ2) is 9.47. The Bertz CT molecular complexity index is 1210. The van der Waals surface area contributed by atoms with E-state index < -0.39 is 0 Å². The first-order valence-corrected chi connectivity index (χ1v) is 11.6. The molecule has 0 aliphatic carbocycles. The molecule has 1 unspecified atom stereocenters. The number of hydrogen-bond acceptors (Lipinski definition) is 4. The Balaban J connectivity index is 1.26. The maximum atomic E-state index is 12.9. The highest BCUT2D eigenvalue weighted by Gasteiger charge is 2.39. The van der Waals surface area contributed by atoms with Crippen molar-refractivity contribution in [3.8, 4) is 0 Å². The molecular formula is C27H26N4O3. The van der Waals surface area contributed by atoms with Crippen LogP contribution in [0.5, 0.6) is 0 Å². The van der Waals surface area contributed by atoms with Crippen molar-refractivity contribution in [3.63, 3.8) is 0 Å². The fourth-order valence-corrected chi connectivity index (χ4v) is 4.88. The molecule has 2 N–H and O–H groups in total. The fraction of sp³-hybridized carbons (Fsp3) is 0.259. The molecule has 1 fully saturated rings. The van der Waals surface area contributed by atoms with Crippen LogP contribution in [0.3, 0.4) is 0 Å². The molecule has 2 aliphatic heterocycles. The molecule has 0 bridgehead atoms. The molecule has 3 amide bonds. The highest BCUT2D eigenvalue weighted by atomic mass is 16.2. The summed E-state index contributed by atoms with van der Waals surface area (Å²) in [5, 5.41) is 5.89. The number of carbonyl (C=O) groups excluding carboxylic acids is 3. The summed E-state index contributed by atoms with van der Waals surface area (Å²) in [5.74, 6) is -0.378. The zero-order valence-corrected chi connectivity index (χ0v) is 18.7. The second-order valence-electron chi connectivity index (χ2n) is 8.81. The van der Waals surface area contributed by atoms with Crippen LogP contribution in [0.15, 0.2) is 73.1 Å². The van der Waals surface area contributed by atoms with Crippen molar-refractivity contribution in [2.24, 2.45) is 5.92 Å². The van der Waals surface area contributed by atoms with E-state index in [1.165, 1.54) is 0 Å². The van der Waals surface area contributed by atoms with Crippen molar-refractivity contribution in [1.29, 1.82) is 0 Å². The molecule has 0 saturated carbocycles. The molecule has 7 nitrogen and oxygen atoms in total. The number of aromatic nitrogens is 1. The van der Waals surface area contributed by atoms with Crippen molar-refractivity contribution in [3.05, 3.63) is 95.3 Å². The van der Waals surface area contributed by atoms with E-state index in [0.29, 0.717) is 30.8 Å². The number of anilines is 1. The van der Waals surface area contributed by atoms with Crippen molar-refractivity contribution in [2.75, 3.05) is 18.4 Å². The lowest BCUT2D eigenvalue weighted by molar-refractivity contribution is -0.118. The number of piperidine rings is 1. The number of benzene rings is 2.